The molecule has 1 atom stereocenters. The number of benzene rings is 2. The highest BCUT2D eigenvalue weighted by Gasteiger charge is 2.29. The fourth-order valence-corrected chi connectivity index (χ4v) is 3.78. The fourth-order valence-electron chi connectivity index (χ4n) is 3.78. The van der Waals surface area contributed by atoms with Crippen molar-refractivity contribution >= 4 is 29.3 Å². The molecule has 7 heteroatoms. The number of nitrogens with zero attached hydrogens (tertiary/aromatic N) is 2. The zero-order valence-electron chi connectivity index (χ0n) is 14.9. The van der Waals surface area contributed by atoms with Crippen molar-refractivity contribution in [2.24, 2.45) is 5.73 Å². The summed E-state index contributed by atoms with van der Waals surface area (Å²) in [6.07, 6.45) is 1.49. The van der Waals surface area contributed by atoms with Crippen molar-refractivity contribution in [3.8, 4) is 0 Å². The zero-order valence-corrected chi connectivity index (χ0v) is 15.7. The third kappa shape index (κ3) is 3.63. The van der Waals surface area contributed by atoms with Gasteiger partial charge in [-0.25, -0.2) is 4.79 Å². The summed E-state index contributed by atoms with van der Waals surface area (Å²) in [5.41, 5.74) is 8.65. The van der Waals surface area contributed by atoms with E-state index in [9.17, 15) is 9.59 Å². The number of amides is 1. The van der Waals surface area contributed by atoms with Crippen molar-refractivity contribution in [3.05, 3.63) is 70.6 Å². The number of likely N-dealkylation sites (tertiary alicyclic amines) is 1. The van der Waals surface area contributed by atoms with Crippen LogP contribution in [0.1, 0.15) is 30.5 Å². The number of rotatable bonds is 3. The molecule has 6 nitrogen and oxygen atoms in total. The second-order valence-electron chi connectivity index (χ2n) is 6.76. The summed E-state index contributed by atoms with van der Waals surface area (Å²) in [4.78, 5) is 29.8. The number of aromatic amines is 1. The molecule has 2 heterocycles. The summed E-state index contributed by atoms with van der Waals surface area (Å²) >= 11 is 0. The normalized spacial score (nSPS) is 16.1. The van der Waals surface area contributed by atoms with Gasteiger partial charge in [0.2, 0.25) is 5.91 Å². The van der Waals surface area contributed by atoms with Gasteiger partial charge in [0.1, 0.15) is 6.04 Å². The Hall–Kier alpha value is -2.57. The average molecular weight is 387 g/mol. The summed E-state index contributed by atoms with van der Waals surface area (Å²) in [7, 11) is 0. The van der Waals surface area contributed by atoms with Crippen LogP contribution in [0.2, 0.25) is 0 Å². The van der Waals surface area contributed by atoms with E-state index in [2.05, 4.69) is 4.98 Å². The fraction of sp³-hybridized carbons (Fsp3) is 0.300. The van der Waals surface area contributed by atoms with Gasteiger partial charge in [0.15, 0.2) is 0 Å². The number of halogens is 1. The Balaban J connectivity index is 0.00000210. The van der Waals surface area contributed by atoms with Crippen LogP contribution in [0.3, 0.4) is 0 Å². The number of carbonyl (C=O) groups excluding carboxylic acids is 1. The third-order valence-electron chi connectivity index (χ3n) is 5.19. The minimum Gasteiger partial charge on any atom is -0.341 e. The highest BCUT2D eigenvalue weighted by atomic mass is 35.5. The summed E-state index contributed by atoms with van der Waals surface area (Å²) < 4.78 is 1.83. The molecule has 3 aromatic rings. The number of aromatic nitrogens is 2. The first-order valence-corrected chi connectivity index (χ1v) is 8.93. The Bertz CT molecular complexity index is 974. The molecule has 2 aromatic carbocycles. The highest BCUT2D eigenvalue weighted by molar-refractivity contribution is 5.85. The Morgan fingerprint density at radius 2 is 1.67 bits per heavy atom. The topological polar surface area (TPSA) is 84.1 Å². The van der Waals surface area contributed by atoms with Gasteiger partial charge in [0.05, 0.1) is 11.0 Å². The lowest BCUT2D eigenvalue weighted by atomic mass is 10.0. The van der Waals surface area contributed by atoms with Crippen molar-refractivity contribution in [1.29, 1.82) is 0 Å². The molecule has 0 aliphatic carbocycles. The second-order valence-corrected chi connectivity index (χ2v) is 6.76. The van der Waals surface area contributed by atoms with Crippen LogP contribution in [0.5, 0.6) is 0 Å². The first-order valence-electron chi connectivity index (χ1n) is 8.93. The second kappa shape index (κ2) is 7.98. The molecule has 1 unspecified atom stereocenters. The molecule has 1 aromatic heterocycles. The predicted octanol–water partition coefficient (Wildman–Crippen LogP) is 2.61. The molecule has 1 fully saturated rings. The lowest BCUT2D eigenvalue weighted by Crippen LogP contribution is -2.44. The summed E-state index contributed by atoms with van der Waals surface area (Å²) in [6.45, 7) is 1.21. The van der Waals surface area contributed by atoms with Crippen LogP contribution in [-0.4, -0.2) is 33.4 Å². The molecular weight excluding hydrogens is 364 g/mol. The van der Waals surface area contributed by atoms with Crippen molar-refractivity contribution in [1.82, 2.24) is 14.5 Å². The maximum atomic E-state index is 12.7. The van der Waals surface area contributed by atoms with Crippen LogP contribution in [0.4, 0.5) is 0 Å². The van der Waals surface area contributed by atoms with Gasteiger partial charge in [-0.05, 0) is 30.5 Å². The molecule has 27 heavy (non-hydrogen) atoms. The third-order valence-corrected chi connectivity index (χ3v) is 5.19. The Kier molecular flexibility index (Phi) is 5.68. The van der Waals surface area contributed by atoms with Gasteiger partial charge in [-0.15, -0.1) is 12.4 Å². The predicted molar refractivity (Wildman–Crippen MR) is 108 cm³/mol. The van der Waals surface area contributed by atoms with Gasteiger partial charge < -0.3 is 15.6 Å². The smallest absolute Gasteiger partial charge is 0.326 e. The van der Waals surface area contributed by atoms with E-state index in [0.717, 1.165) is 29.4 Å². The number of piperidine rings is 1. The zero-order chi connectivity index (χ0) is 18.1. The quantitative estimate of drug-likeness (QED) is 0.725. The number of hydrogen-bond acceptors (Lipinski definition) is 3. The lowest BCUT2D eigenvalue weighted by Gasteiger charge is -2.34. The summed E-state index contributed by atoms with van der Waals surface area (Å²) in [5, 5.41) is 0. The average Bonchev–Trinajstić information content (AvgIpc) is 3.03. The van der Waals surface area contributed by atoms with E-state index in [1.54, 1.807) is 0 Å². The molecule has 4 rings (SSSR count). The van der Waals surface area contributed by atoms with Gasteiger partial charge in [-0.2, -0.15) is 0 Å². The number of H-pyrrole nitrogens is 1. The molecule has 3 N–H and O–H groups in total. The maximum absolute atomic E-state index is 12.7. The SMILES string of the molecule is Cl.NC(C(=O)N1CCC(n2c(=O)[nH]c3ccccc32)CC1)c1ccccc1. The van der Waals surface area contributed by atoms with Crippen LogP contribution >= 0.6 is 12.4 Å². The van der Waals surface area contributed by atoms with E-state index < -0.39 is 6.04 Å². The molecule has 0 bridgehead atoms. The number of fused-ring (bicyclic) bond motifs is 1. The number of nitrogens with two attached hydrogens (primary N) is 1. The number of nitrogens with one attached hydrogen (secondary N) is 1. The Labute approximate surface area is 163 Å². The van der Waals surface area contributed by atoms with Crippen LogP contribution in [0, 0.1) is 0 Å². The van der Waals surface area contributed by atoms with Gasteiger partial charge >= 0.3 is 5.69 Å². The minimum absolute atomic E-state index is 0. The molecule has 1 aliphatic heterocycles. The highest BCUT2D eigenvalue weighted by Crippen LogP contribution is 2.26. The molecule has 1 aliphatic rings. The Morgan fingerprint density at radius 1 is 1.04 bits per heavy atom. The molecule has 1 saturated heterocycles. The van der Waals surface area contributed by atoms with E-state index in [4.69, 9.17) is 5.73 Å². The van der Waals surface area contributed by atoms with Crippen LogP contribution < -0.4 is 11.4 Å². The van der Waals surface area contributed by atoms with E-state index in [-0.39, 0.29) is 30.0 Å². The summed E-state index contributed by atoms with van der Waals surface area (Å²) in [5.74, 6) is -0.0547. The van der Waals surface area contributed by atoms with E-state index >= 15 is 0 Å². The maximum Gasteiger partial charge on any atom is 0.326 e. The van der Waals surface area contributed by atoms with Crippen LogP contribution in [0.25, 0.3) is 11.0 Å². The van der Waals surface area contributed by atoms with Crippen molar-refractivity contribution in [3.63, 3.8) is 0 Å². The van der Waals surface area contributed by atoms with E-state index in [1.165, 1.54) is 0 Å². The first-order chi connectivity index (χ1) is 12.6. The molecule has 0 radical (unpaired) electrons. The molecular formula is C20H23ClN4O2. The van der Waals surface area contributed by atoms with Crippen molar-refractivity contribution in [2.45, 2.75) is 24.9 Å². The lowest BCUT2D eigenvalue weighted by molar-refractivity contribution is -0.134. The van der Waals surface area contributed by atoms with Gasteiger partial charge in [0.25, 0.3) is 0 Å². The van der Waals surface area contributed by atoms with E-state index in [0.29, 0.717) is 13.1 Å². The number of imidazole rings is 1. The number of carbonyl (C=O) groups is 1. The summed E-state index contributed by atoms with van der Waals surface area (Å²) in [6, 6.07) is 16.6. The molecule has 0 spiro atoms. The first kappa shape index (κ1) is 19.2. The Morgan fingerprint density at radius 3 is 2.37 bits per heavy atom. The monoisotopic (exact) mass is 386 g/mol. The largest absolute Gasteiger partial charge is 0.341 e. The standard InChI is InChI=1S/C20H22N4O2.ClH/c21-18(14-6-2-1-3-7-14)19(25)23-12-10-15(11-13-23)24-17-9-5-4-8-16(17)22-20(24)26;/h1-9,15,18H,10-13,21H2,(H,22,26);1H. The van der Waals surface area contributed by atoms with Gasteiger partial charge in [0, 0.05) is 19.1 Å². The van der Waals surface area contributed by atoms with E-state index in [1.807, 2.05) is 64.1 Å². The van der Waals surface area contributed by atoms with Crippen LogP contribution in [-0.2, 0) is 4.79 Å². The minimum atomic E-state index is -0.636. The van der Waals surface area contributed by atoms with Gasteiger partial charge in [-0.3, -0.25) is 9.36 Å². The molecule has 1 amide bonds. The van der Waals surface area contributed by atoms with Gasteiger partial charge in [-0.1, -0.05) is 42.5 Å². The number of para-hydroxylation sites is 2. The van der Waals surface area contributed by atoms with Crippen LogP contribution in [0.15, 0.2) is 59.4 Å². The number of hydrogen-bond donors (Lipinski definition) is 2. The van der Waals surface area contributed by atoms with Crippen molar-refractivity contribution < 1.29 is 4.79 Å². The molecule has 142 valence electrons. The van der Waals surface area contributed by atoms with Crippen molar-refractivity contribution in [2.75, 3.05) is 13.1 Å². The molecule has 0 saturated carbocycles.